The van der Waals surface area contributed by atoms with Crippen molar-refractivity contribution in [3.8, 4) is 6.07 Å². The van der Waals surface area contributed by atoms with E-state index in [1.165, 1.54) is 0 Å². The third kappa shape index (κ3) is 3.10. The van der Waals surface area contributed by atoms with Crippen molar-refractivity contribution in [3.63, 3.8) is 0 Å². The van der Waals surface area contributed by atoms with Crippen LogP contribution in [0, 0.1) is 11.3 Å². The molecule has 28 heavy (non-hydrogen) atoms. The van der Waals surface area contributed by atoms with Crippen LogP contribution in [-0.2, 0) is 4.79 Å². The van der Waals surface area contributed by atoms with E-state index in [4.69, 9.17) is 11.6 Å². The SMILES string of the molecule is N#CC1(N=C[C@H]2C(=O)N(c3cccc(Cl)c3)C(=O)c3ccccc32)CCCC1. The van der Waals surface area contributed by atoms with Crippen molar-refractivity contribution in [1.29, 1.82) is 5.26 Å². The van der Waals surface area contributed by atoms with Crippen molar-refractivity contribution < 1.29 is 9.59 Å². The molecule has 1 aliphatic carbocycles. The largest absolute Gasteiger partial charge is 0.275 e. The molecule has 2 aliphatic rings. The molecule has 0 radical (unpaired) electrons. The van der Waals surface area contributed by atoms with E-state index in [0.29, 0.717) is 34.7 Å². The van der Waals surface area contributed by atoms with Crippen molar-refractivity contribution in [2.45, 2.75) is 37.1 Å². The Labute approximate surface area is 168 Å². The van der Waals surface area contributed by atoms with Crippen molar-refractivity contribution in [2.24, 2.45) is 4.99 Å². The monoisotopic (exact) mass is 391 g/mol. The first kappa shape index (κ1) is 18.4. The summed E-state index contributed by atoms with van der Waals surface area (Å²) in [6.07, 6.45) is 4.85. The smallest absolute Gasteiger partial charge is 0.265 e. The molecule has 5 nitrogen and oxygen atoms in total. The van der Waals surface area contributed by atoms with Gasteiger partial charge < -0.3 is 0 Å². The fraction of sp³-hybridized carbons (Fsp3) is 0.273. The number of anilines is 1. The number of rotatable bonds is 3. The molecule has 4 rings (SSSR count). The van der Waals surface area contributed by atoms with Crippen LogP contribution in [-0.4, -0.2) is 23.6 Å². The van der Waals surface area contributed by atoms with Gasteiger partial charge in [-0.25, -0.2) is 4.90 Å². The molecule has 140 valence electrons. The van der Waals surface area contributed by atoms with Gasteiger partial charge in [0.05, 0.1) is 17.7 Å². The second-order valence-corrected chi connectivity index (χ2v) is 7.59. The molecule has 1 heterocycles. The number of benzene rings is 2. The standard InChI is InChI=1S/C22H18ClN3O2/c23-15-6-5-7-16(12-15)26-20(27)18-9-2-1-8-17(18)19(21(26)28)13-25-22(14-24)10-3-4-11-22/h1-2,5-9,12-13,19H,3-4,10-11H2/t19-/m1/s1. The van der Waals surface area contributed by atoms with Crippen molar-refractivity contribution >= 4 is 35.3 Å². The lowest BCUT2D eigenvalue weighted by atomic mass is 9.88. The van der Waals surface area contributed by atoms with Crippen molar-refractivity contribution in [2.75, 3.05) is 4.90 Å². The number of nitriles is 1. The minimum absolute atomic E-state index is 0.386. The lowest BCUT2D eigenvalue weighted by Gasteiger charge is -2.31. The topological polar surface area (TPSA) is 73.5 Å². The Hall–Kier alpha value is -2.97. The molecular formula is C22H18ClN3O2. The molecule has 2 aromatic rings. The Balaban J connectivity index is 1.79. The Kier molecular flexibility index (Phi) is 4.74. The van der Waals surface area contributed by atoms with E-state index >= 15 is 0 Å². The number of hydrogen-bond donors (Lipinski definition) is 0. The fourth-order valence-electron chi connectivity index (χ4n) is 3.91. The van der Waals surface area contributed by atoms with E-state index in [0.717, 1.165) is 17.7 Å². The number of hydrogen-bond acceptors (Lipinski definition) is 4. The molecule has 0 saturated heterocycles. The van der Waals surface area contributed by atoms with Gasteiger partial charge in [0.25, 0.3) is 5.91 Å². The second kappa shape index (κ2) is 7.21. The molecule has 0 N–H and O–H groups in total. The average molecular weight is 392 g/mol. The predicted octanol–water partition coefficient (Wildman–Crippen LogP) is 4.52. The lowest BCUT2D eigenvalue weighted by molar-refractivity contribution is -0.118. The molecule has 0 aromatic heterocycles. The maximum Gasteiger partial charge on any atom is 0.265 e. The maximum absolute atomic E-state index is 13.3. The van der Waals surface area contributed by atoms with Crippen LogP contribution < -0.4 is 4.90 Å². The highest BCUT2D eigenvalue weighted by atomic mass is 35.5. The van der Waals surface area contributed by atoms with E-state index in [9.17, 15) is 14.9 Å². The summed E-state index contributed by atoms with van der Waals surface area (Å²) in [7, 11) is 0. The van der Waals surface area contributed by atoms with Crippen LogP contribution in [0.3, 0.4) is 0 Å². The van der Waals surface area contributed by atoms with Crippen molar-refractivity contribution in [3.05, 3.63) is 64.7 Å². The highest BCUT2D eigenvalue weighted by Gasteiger charge is 2.40. The summed E-state index contributed by atoms with van der Waals surface area (Å²) in [6.45, 7) is 0. The van der Waals surface area contributed by atoms with Crippen LogP contribution in [0.25, 0.3) is 0 Å². The zero-order chi connectivity index (χ0) is 19.7. The summed E-state index contributed by atoms with van der Waals surface area (Å²) in [5.41, 5.74) is 0.727. The fourth-order valence-corrected chi connectivity index (χ4v) is 4.09. The minimum Gasteiger partial charge on any atom is -0.275 e. The summed E-state index contributed by atoms with van der Waals surface area (Å²) in [6, 6.07) is 16.0. The molecule has 1 fully saturated rings. The number of imide groups is 1. The third-order valence-corrected chi connectivity index (χ3v) is 5.63. The minimum atomic E-state index is -0.766. The van der Waals surface area contributed by atoms with Gasteiger partial charge in [-0.2, -0.15) is 5.26 Å². The van der Waals surface area contributed by atoms with Gasteiger partial charge in [-0.15, -0.1) is 0 Å². The highest BCUT2D eigenvalue weighted by molar-refractivity contribution is 6.32. The summed E-state index contributed by atoms with van der Waals surface area (Å²) >= 11 is 6.07. The first-order chi connectivity index (χ1) is 13.5. The Bertz CT molecular complexity index is 1020. The zero-order valence-electron chi connectivity index (χ0n) is 15.1. The first-order valence-corrected chi connectivity index (χ1v) is 9.62. The third-order valence-electron chi connectivity index (χ3n) is 5.39. The second-order valence-electron chi connectivity index (χ2n) is 7.15. The number of carbonyl (C=O) groups is 2. The molecule has 1 atom stereocenters. The molecule has 2 amide bonds. The molecule has 6 heteroatoms. The van der Waals surface area contributed by atoms with Gasteiger partial charge in [0.15, 0.2) is 0 Å². The van der Waals surface area contributed by atoms with Crippen LogP contribution in [0.1, 0.15) is 47.5 Å². The number of nitrogens with zero attached hydrogens (tertiary/aromatic N) is 3. The van der Waals surface area contributed by atoms with E-state index in [1.807, 2.05) is 0 Å². The molecule has 2 aromatic carbocycles. The number of fused-ring (bicyclic) bond motifs is 1. The molecule has 1 aliphatic heterocycles. The van der Waals surface area contributed by atoms with E-state index < -0.39 is 11.5 Å². The van der Waals surface area contributed by atoms with Gasteiger partial charge in [-0.1, -0.05) is 35.9 Å². The zero-order valence-corrected chi connectivity index (χ0v) is 15.9. The van der Waals surface area contributed by atoms with E-state index in [2.05, 4.69) is 11.1 Å². The van der Waals surface area contributed by atoms with E-state index in [1.54, 1.807) is 54.7 Å². The molecule has 0 spiro atoms. The van der Waals surface area contributed by atoms with Gasteiger partial charge in [-0.3, -0.25) is 14.6 Å². The quantitative estimate of drug-likeness (QED) is 0.570. The Morgan fingerprint density at radius 1 is 1.14 bits per heavy atom. The summed E-state index contributed by atoms with van der Waals surface area (Å²) in [4.78, 5) is 32.0. The molecule has 0 bridgehead atoms. The predicted molar refractivity (Wildman–Crippen MR) is 108 cm³/mol. The number of amides is 2. The molecule has 1 saturated carbocycles. The molecule has 0 unspecified atom stereocenters. The number of carbonyl (C=O) groups excluding carboxylic acids is 2. The van der Waals surface area contributed by atoms with Gasteiger partial charge in [0.2, 0.25) is 5.91 Å². The van der Waals surface area contributed by atoms with Crippen LogP contribution in [0.5, 0.6) is 0 Å². The molecular weight excluding hydrogens is 374 g/mol. The number of aliphatic imine (C=N–C) groups is 1. The van der Waals surface area contributed by atoms with Crippen LogP contribution in [0.15, 0.2) is 53.5 Å². The average Bonchev–Trinajstić information content (AvgIpc) is 3.17. The summed E-state index contributed by atoms with van der Waals surface area (Å²) in [5.74, 6) is -1.50. The first-order valence-electron chi connectivity index (χ1n) is 9.24. The maximum atomic E-state index is 13.3. The normalized spacial score (nSPS) is 21.0. The summed E-state index contributed by atoms with van der Waals surface area (Å²) < 4.78 is 0. The Morgan fingerprint density at radius 3 is 2.61 bits per heavy atom. The van der Waals surface area contributed by atoms with Gasteiger partial charge in [0, 0.05) is 16.8 Å². The Morgan fingerprint density at radius 2 is 1.89 bits per heavy atom. The van der Waals surface area contributed by atoms with Crippen LogP contribution in [0.2, 0.25) is 5.02 Å². The lowest BCUT2D eigenvalue weighted by Crippen LogP contribution is -2.45. The number of halogens is 1. The van der Waals surface area contributed by atoms with Gasteiger partial charge >= 0.3 is 0 Å². The van der Waals surface area contributed by atoms with Crippen LogP contribution in [0.4, 0.5) is 5.69 Å². The van der Waals surface area contributed by atoms with E-state index in [-0.39, 0.29) is 11.8 Å². The summed E-state index contributed by atoms with van der Waals surface area (Å²) in [5, 5.41) is 10.0. The van der Waals surface area contributed by atoms with Gasteiger partial charge in [0.1, 0.15) is 5.54 Å². The highest BCUT2D eigenvalue weighted by Crippen LogP contribution is 2.36. The van der Waals surface area contributed by atoms with Crippen LogP contribution >= 0.6 is 11.6 Å². The van der Waals surface area contributed by atoms with Gasteiger partial charge in [-0.05, 0) is 55.5 Å². The van der Waals surface area contributed by atoms with Crippen molar-refractivity contribution in [1.82, 2.24) is 0 Å².